The lowest BCUT2D eigenvalue weighted by Gasteiger charge is -2.27. The molecular weight excluding hydrogens is 236 g/mol. The molecule has 3 heteroatoms. The first kappa shape index (κ1) is 13.9. The quantitative estimate of drug-likeness (QED) is 0.848. The van der Waals surface area contributed by atoms with E-state index in [4.69, 9.17) is 5.73 Å². The molecular formula is C16H24N2O. The molecule has 1 aromatic rings. The van der Waals surface area contributed by atoms with Gasteiger partial charge in [0.2, 0.25) is 0 Å². The summed E-state index contributed by atoms with van der Waals surface area (Å²) in [6, 6.07) is 5.64. The molecule has 19 heavy (non-hydrogen) atoms. The van der Waals surface area contributed by atoms with E-state index in [0.29, 0.717) is 17.2 Å². The van der Waals surface area contributed by atoms with Gasteiger partial charge in [0, 0.05) is 19.3 Å². The van der Waals surface area contributed by atoms with Crippen LogP contribution in [-0.4, -0.2) is 24.4 Å². The summed E-state index contributed by atoms with van der Waals surface area (Å²) in [5.41, 5.74) is 8.25. The molecule has 0 saturated heterocycles. The van der Waals surface area contributed by atoms with Crippen LogP contribution in [0.25, 0.3) is 0 Å². The van der Waals surface area contributed by atoms with Gasteiger partial charge in [0.15, 0.2) is 0 Å². The van der Waals surface area contributed by atoms with Crippen LogP contribution in [0.4, 0.5) is 5.69 Å². The molecule has 2 rings (SSSR count). The van der Waals surface area contributed by atoms with Crippen molar-refractivity contribution in [3.05, 3.63) is 29.3 Å². The number of nitrogen functional groups attached to an aromatic ring is 1. The number of hydrogen-bond acceptors (Lipinski definition) is 2. The molecule has 0 unspecified atom stereocenters. The van der Waals surface area contributed by atoms with Gasteiger partial charge in [-0.1, -0.05) is 25.3 Å². The second-order valence-electron chi connectivity index (χ2n) is 5.78. The van der Waals surface area contributed by atoms with Gasteiger partial charge in [0.1, 0.15) is 0 Å². The zero-order valence-electron chi connectivity index (χ0n) is 12.0. The van der Waals surface area contributed by atoms with Crippen LogP contribution < -0.4 is 5.73 Å². The fourth-order valence-electron chi connectivity index (χ4n) is 2.92. The Hall–Kier alpha value is -1.51. The van der Waals surface area contributed by atoms with E-state index in [1.165, 1.54) is 32.1 Å². The van der Waals surface area contributed by atoms with Crippen LogP contribution in [0, 0.1) is 12.8 Å². The lowest BCUT2D eigenvalue weighted by Crippen LogP contribution is -2.33. The highest BCUT2D eigenvalue weighted by Gasteiger charge is 2.20. The highest BCUT2D eigenvalue weighted by atomic mass is 16.2. The smallest absolute Gasteiger partial charge is 0.255 e. The maximum Gasteiger partial charge on any atom is 0.255 e. The van der Waals surface area contributed by atoms with Crippen molar-refractivity contribution in [3.63, 3.8) is 0 Å². The minimum absolute atomic E-state index is 0.0445. The SMILES string of the molecule is Cc1ccc(C(=O)N(C)CC2CCCCC2)c(N)c1. The first-order valence-electron chi connectivity index (χ1n) is 7.19. The first-order valence-corrected chi connectivity index (χ1v) is 7.19. The Kier molecular flexibility index (Phi) is 4.46. The second kappa shape index (κ2) is 6.09. The Morgan fingerprint density at radius 2 is 2.00 bits per heavy atom. The number of benzene rings is 1. The molecule has 1 fully saturated rings. The molecule has 1 amide bonds. The number of carbonyl (C=O) groups excluding carboxylic acids is 1. The number of hydrogen-bond donors (Lipinski definition) is 1. The number of aryl methyl sites for hydroxylation is 1. The molecule has 1 aromatic carbocycles. The summed E-state index contributed by atoms with van der Waals surface area (Å²) in [6.45, 7) is 2.84. The Morgan fingerprint density at radius 3 is 2.63 bits per heavy atom. The van der Waals surface area contributed by atoms with Gasteiger partial charge in [0.05, 0.1) is 5.56 Å². The minimum Gasteiger partial charge on any atom is -0.398 e. The van der Waals surface area contributed by atoms with Crippen molar-refractivity contribution in [1.82, 2.24) is 4.90 Å². The number of carbonyl (C=O) groups is 1. The third-order valence-corrected chi connectivity index (χ3v) is 4.04. The molecule has 0 radical (unpaired) electrons. The lowest BCUT2D eigenvalue weighted by molar-refractivity contribution is 0.0761. The summed E-state index contributed by atoms with van der Waals surface area (Å²) in [5, 5.41) is 0. The van der Waals surface area contributed by atoms with Gasteiger partial charge in [-0.25, -0.2) is 0 Å². The number of amides is 1. The summed E-state index contributed by atoms with van der Waals surface area (Å²) in [4.78, 5) is 14.2. The van der Waals surface area contributed by atoms with E-state index in [-0.39, 0.29) is 5.91 Å². The summed E-state index contributed by atoms with van der Waals surface area (Å²) in [7, 11) is 1.89. The highest BCUT2D eigenvalue weighted by molar-refractivity contribution is 5.99. The average molecular weight is 260 g/mol. The molecule has 104 valence electrons. The van der Waals surface area contributed by atoms with E-state index < -0.39 is 0 Å². The van der Waals surface area contributed by atoms with Crippen molar-refractivity contribution in [2.75, 3.05) is 19.3 Å². The molecule has 0 aliphatic heterocycles. The van der Waals surface area contributed by atoms with Crippen molar-refractivity contribution in [2.45, 2.75) is 39.0 Å². The molecule has 0 atom stereocenters. The summed E-state index contributed by atoms with van der Waals surface area (Å²) in [5.74, 6) is 0.706. The largest absolute Gasteiger partial charge is 0.398 e. The number of nitrogens with zero attached hydrogens (tertiary/aromatic N) is 1. The monoisotopic (exact) mass is 260 g/mol. The van der Waals surface area contributed by atoms with E-state index in [1.54, 1.807) is 0 Å². The van der Waals surface area contributed by atoms with Crippen molar-refractivity contribution < 1.29 is 4.79 Å². The third-order valence-electron chi connectivity index (χ3n) is 4.04. The van der Waals surface area contributed by atoms with Gasteiger partial charge in [-0.3, -0.25) is 4.79 Å². The van der Waals surface area contributed by atoms with Gasteiger partial charge in [-0.05, 0) is 43.4 Å². The molecule has 1 saturated carbocycles. The molecule has 0 aromatic heterocycles. The van der Waals surface area contributed by atoms with E-state index in [1.807, 2.05) is 37.1 Å². The van der Waals surface area contributed by atoms with Gasteiger partial charge in [0.25, 0.3) is 5.91 Å². The lowest BCUT2D eigenvalue weighted by atomic mass is 9.89. The number of nitrogens with two attached hydrogens (primary N) is 1. The summed E-state index contributed by atoms with van der Waals surface area (Å²) < 4.78 is 0. The van der Waals surface area contributed by atoms with E-state index in [0.717, 1.165) is 12.1 Å². The third kappa shape index (κ3) is 3.49. The molecule has 0 heterocycles. The fraction of sp³-hybridized carbons (Fsp3) is 0.562. The molecule has 0 bridgehead atoms. The first-order chi connectivity index (χ1) is 9.08. The maximum absolute atomic E-state index is 12.4. The normalized spacial score (nSPS) is 16.3. The minimum atomic E-state index is 0.0445. The van der Waals surface area contributed by atoms with Crippen LogP contribution in [-0.2, 0) is 0 Å². The zero-order valence-corrected chi connectivity index (χ0v) is 12.0. The zero-order chi connectivity index (χ0) is 13.8. The van der Waals surface area contributed by atoms with Gasteiger partial charge >= 0.3 is 0 Å². The van der Waals surface area contributed by atoms with E-state index in [2.05, 4.69) is 0 Å². The van der Waals surface area contributed by atoms with Crippen LogP contribution >= 0.6 is 0 Å². The number of anilines is 1. The molecule has 1 aliphatic carbocycles. The topological polar surface area (TPSA) is 46.3 Å². The van der Waals surface area contributed by atoms with Gasteiger partial charge < -0.3 is 10.6 Å². The van der Waals surface area contributed by atoms with Crippen molar-refractivity contribution in [2.24, 2.45) is 5.92 Å². The summed E-state index contributed by atoms with van der Waals surface area (Å²) >= 11 is 0. The Balaban J connectivity index is 2.01. The van der Waals surface area contributed by atoms with Crippen molar-refractivity contribution >= 4 is 11.6 Å². The van der Waals surface area contributed by atoms with Crippen LogP contribution in [0.1, 0.15) is 48.0 Å². The predicted molar refractivity (Wildman–Crippen MR) is 79.1 cm³/mol. The Labute approximate surface area is 115 Å². The summed E-state index contributed by atoms with van der Waals surface area (Å²) in [6.07, 6.45) is 6.46. The molecule has 3 nitrogen and oxygen atoms in total. The highest BCUT2D eigenvalue weighted by Crippen LogP contribution is 2.25. The van der Waals surface area contributed by atoms with E-state index >= 15 is 0 Å². The molecule has 1 aliphatic rings. The van der Waals surface area contributed by atoms with Crippen molar-refractivity contribution in [1.29, 1.82) is 0 Å². The molecule has 0 spiro atoms. The Morgan fingerprint density at radius 1 is 1.32 bits per heavy atom. The Bertz CT molecular complexity index is 450. The number of rotatable bonds is 3. The second-order valence-corrected chi connectivity index (χ2v) is 5.78. The standard InChI is InChI=1S/C16H24N2O/c1-12-8-9-14(15(17)10-12)16(19)18(2)11-13-6-4-3-5-7-13/h8-10,13H,3-7,11,17H2,1-2H3. The van der Waals surface area contributed by atoms with Crippen LogP contribution in [0.15, 0.2) is 18.2 Å². The predicted octanol–water partition coefficient (Wildman–Crippen LogP) is 3.23. The van der Waals surface area contributed by atoms with Crippen molar-refractivity contribution in [3.8, 4) is 0 Å². The van der Waals surface area contributed by atoms with Crippen LogP contribution in [0.5, 0.6) is 0 Å². The van der Waals surface area contributed by atoms with Crippen LogP contribution in [0.2, 0.25) is 0 Å². The van der Waals surface area contributed by atoms with Gasteiger partial charge in [-0.15, -0.1) is 0 Å². The maximum atomic E-state index is 12.4. The van der Waals surface area contributed by atoms with E-state index in [9.17, 15) is 4.79 Å². The van der Waals surface area contributed by atoms with Gasteiger partial charge in [-0.2, -0.15) is 0 Å². The average Bonchev–Trinajstić information content (AvgIpc) is 2.39. The molecule has 2 N–H and O–H groups in total. The van der Waals surface area contributed by atoms with Crippen LogP contribution in [0.3, 0.4) is 0 Å². The fourth-order valence-corrected chi connectivity index (χ4v) is 2.92.